The van der Waals surface area contributed by atoms with E-state index in [1.807, 2.05) is 6.92 Å². The molecule has 0 fully saturated rings. The van der Waals surface area contributed by atoms with Crippen LogP contribution in [0.1, 0.15) is 45.6 Å². The van der Waals surface area contributed by atoms with Crippen molar-refractivity contribution in [2.24, 2.45) is 0 Å². The Bertz CT molecular complexity index is 784. The van der Waals surface area contributed by atoms with E-state index >= 15 is 0 Å². The van der Waals surface area contributed by atoms with Gasteiger partial charge in [0.05, 0.1) is 18.7 Å². The summed E-state index contributed by atoms with van der Waals surface area (Å²) in [5.74, 6) is -0.196. The molecular formula is C18H20ClNO5. The minimum Gasteiger partial charge on any atom is -0.493 e. The third-order valence-electron chi connectivity index (χ3n) is 3.57. The number of rotatable bonds is 7. The Balaban J connectivity index is 2.21. The highest BCUT2D eigenvalue weighted by Crippen LogP contribution is 2.25. The predicted octanol–water partition coefficient (Wildman–Crippen LogP) is 4.00. The van der Waals surface area contributed by atoms with E-state index in [0.29, 0.717) is 34.5 Å². The first-order valence-electron chi connectivity index (χ1n) is 7.83. The molecule has 0 saturated carbocycles. The molecular weight excluding hydrogens is 346 g/mol. The number of carbonyl (C=O) groups excluding carboxylic acids is 1. The zero-order chi connectivity index (χ0) is 18.6. The molecule has 0 aliphatic heterocycles. The molecule has 0 radical (unpaired) electrons. The summed E-state index contributed by atoms with van der Waals surface area (Å²) in [4.78, 5) is 25.3. The molecule has 1 amide bonds. The van der Waals surface area contributed by atoms with E-state index in [1.165, 1.54) is 11.0 Å². The monoisotopic (exact) mass is 365 g/mol. The molecule has 0 saturated heterocycles. The molecule has 0 atom stereocenters. The zero-order valence-electron chi connectivity index (χ0n) is 14.3. The molecule has 1 aromatic carbocycles. The lowest BCUT2D eigenvalue weighted by Crippen LogP contribution is -2.26. The summed E-state index contributed by atoms with van der Waals surface area (Å²) in [6.45, 7) is 4.17. The fourth-order valence-electron chi connectivity index (χ4n) is 2.35. The van der Waals surface area contributed by atoms with Crippen molar-refractivity contribution >= 4 is 23.5 Å². The van der Waals surface area contributed by atoms with Crippen molar-refractivity contribution in [3.05, 3.63) is 51.9 Å². The SMILES string of the molecule is CCCOc1ccc(Cl)cc1C(=O)N(C)Cc1cc(C(=O)O)c(C)o1. The number of aryl methyl sites for hydroxylation is 1. The van der Waals surface area contributed by atoms with E-state index in [2.05, 4.69) is 0 Å². The summed E-state index contributed by atoms with van der Waals surface area (Å²) in [6.07, 6.45) is 0.815. The Labute approximate surface area is 150 Å². The van der Waals surface area contributed by atoms with Crippen molar-refractivity contribution in [1.82, 2.24) is 4.90 Å². The predicted molar refractivity (Wildman–Crippen MR) is 93.4 cm³/mol. The van der Waals surface area contributed by atoms with Crippen LogP contribution in [-0.4, -0.2) is 35.5 Å². The number of benzene rings is 1. The van der Waals surface area contributed by atoms with Crippen LogP contribution in [0, 0.1) is 6.92 Å². The minimum atomic E-state index is -1.06. The molecule has 6 nitrogen and oxygen atoms in total. The lowest BCUT2D eigenvalue weighted by atomic mass is 10.1. The van der Waals surface area contributed by atoms with Crippen molar-refractivity contribution in [2.75, 3.05) is 13.7 Å². The number of ether oxygens (including phenoxy) is 1. The Morgan fingerprint density at radius 1 is 1.28 bits per heavy atom. The van der Waals surface area contributed by atoms with Gasteiger partial charge in [-0.15, -0.1) is 0 Å². The van der Waals surface area contributed by atoms with Crippen LogP contribution in [0.5, 0.6) is 5.75 Å². The molecule has 0 aliphatic rings. The summed E-state index contributed by atoms with van der Waals surface area (Å²) in [5.41, 5.74) is 0.441. The highest BCUT2D eigenvalue weighted by atomic mass is 35.5. The van der Waals surface area contributed by atoms with Crippen LogP contribution in [-0.2, 0) is 6.54 Å². The molecule has 1 heterocycles. The first-order chi connectivity index (χ1) is 11.8. The van der Waals surface area contributed by atoms with E-state index in [-0.39, 0.29) is 18.0 Å². The minimum absolute atomic E-state index is 0.0885. The van der Waals surface area contributed by atoms with E-state index in [4.69, 9.17) is 25.9 Å². The van der Waals surface area contributed by atoms with Gasteiger partial charge in [-0.05, 0) is 37.6 Å². The fourth-order valence-corrected chi connectivity index (χ4v) is 2.52. The number of halogens is 1. The van der Waals surface area contributed by atoms with Gasteiger partial charge in [0.15, 0.2) is 0 Å². The number of furan rings is 1. The number of aromatic carboxylic acids is 1. The maximum absolute atomic E-state index is 12.7. The summed E-state index contributed by atoms with van der Waals surface area (Å²) in [7, 11) is 1.60. The van der Waals surface area contributed by atoms with Crippen LogP contribution in [0.25, 0.3) is 0 Å². The first-order valence-corrected chi connectivity index (χ1v) is 8.21. The second kappa shape index (κ2) is 8.07. The number of nitrogens with zero attached hydrogens (tertiary/aromatic N) is 1. The normalized spacial score (nSPS) is 10.6. The second-order valence-corrected chi connectivity index (χ2v) is 6.07. The topological polar surface area (TPSA) is 80.0 Å². The largest absolute Gasteiger partial charge is 0.493 e. The molecule has 25 heavy (non-hydrogen) atoms. The molecule has 1 aromatic heterocycles. The number of carbonyl (C=O) groups is 2. The van der Waals surface area contributed by atoms with Gasteiger partial charge in [0.1, 0.15) is 22.8 Å². The van der Waals surface area contributed by atoms with Gasteiger partial charge < -0.3 is 19.2 Å². The Morgan fingerprint density at radius 3 is 2.60 bits per heavy atom. The Morgan fingerprint density at radius 2 is 2.00 bits per heavy atom. The molecule has 0 bridgehead atoms. The van der Waals surface area contributed by atoms with E-state index in [1.54, 1.807) is 32.2 Å². The average Bonchev–Trinajstić information content (AvgIpc) is 2.93. The van der Waals surface area contributed by atoms with Gasteiger partial charge in [0.25, 0.3) is 5.91 Å². The van der Waals surface area contributed by atoms with Crippen molar-refractivity contribution < 1.29 is 23.8 Å². The lowest BCUT2D eigenvalue weighted by molar-refractivity contribution is 0.0694. The van der Waals surface area contributed by atoms with Crippen LogP contribution in [0.2, 0.25) is 5.02 Å². The fraction of sp³-hybridized carbons (Fsp3) is 0.333. The van der Waals surface area contributed by atoms with Crippen molar-refractivity contribution in [2.45, 2.75) is 26.8 Å². The standard InChI is InChI=1S/C18H20ClNO5/c1-4-7-24-16-6-5-12(19)8-15(16)17(21)20(3)10-13-9-14(18(22)23)11(2)25-13/h5-6,8-9H,4,7,10H2,1-3H3,(H,22,23). The van der Waals surface area contributed by atoms with Crippen LogP contribution in [0.3, 0.4) is 0 Å². The smallest absolute Gasteiger partial charge is 0.339 e. The lowest BCUT2D eigenvalue weighted by Gasteiger charge is -2.18. The molecule has 134 valence electrons. The first kappa shape index (κ1) is 18.9. The van der Waals surface area contributed by atoms with Crippen molar-refractivity contribution in [3.8, 4) is 5.75 Å². The Kier molecular flexibility index (Phi) is 6.09. The van der Waals surface area contributed by atoms with Gasteiger partial charge in [-0.2, -0.15) is 0 Å². The maximum Gasteiger partial charge on any atom is 0.339 e. The van der Waals surface area contributed by atoms with Gasteiger partial charge in [-0.3, -0.25) is 4.79 Å². The quantitative estimate of drug-likeness (QED) is 0.802. The zero-order valence-corrected chi connectivity index (χ0v) is 15.1. The summed E-state index contributed by atoms with van der Waals surface area (Å²) in [5, 5.41) is 9.51. The van der Waals surface area contributed by atoms with Gasteiger partial charge in [-0.25, -0.2) is 4.79 Å². The van der Waals surface area contributed by atoms with Crippen LogP contribution >= 0.6 is 11.6 Å². The molecule has 0 unspecified atom stereocenters. The van der Waals surface area contributed by atoms with E-state index < -0.39 is 5.97 Å². The second-order valence-electron chi connectivity index (χ2n) is 5.64. The Hall–Kier alpha value is -2.47. The van der Waals surface area contributed by atoms with E-state index in [0.717, 1.165) is 6.42 Å². The van der Waals surface area contributed by atoms with Crippen LogP contribution in [0.4, 0.5) is 0 Å². The summed E-state index contributed by atoms with van der Waals surface area (Å²) >= 11 is 6.01. The van der Waals surface area contributed by atoms with E-state index in [9.17, 15) is 9.59 Å². The van der Waals surface area contributed by atoms with Crippen molar-refractivity contribution in [3.63, 3.8) is 0 Å². The molecule has 0 aliphatic carbocycles. The summed E-state index contributed by atoms with van der Waals surface area (Å²) < 4.78 is 11.0. The van der Waals surface area contributed by atoms with Crippen molar-refractivity contribution in [1.29, 1.82) is 0 Å². The number of hydrogen-bond acceptors (Lipinski definition) is 4. The number of hydrogen-bond donors (Lipinski definition) is 1. The third kappa shape index (κ3) is 4.54. The molecule has 0 spiro atoms. The summed E-state index contributed by atoms with van der Waals surface area (Å²) in [6, 6.07) is 6.31. The van der Waals surface area contributed by atoms with Gasteiger partial charge in [0.2, 0.25) is 0 Å². The molecule has 7 heteroatoms. The number of carboxylic acids is 1. The highest BCUT2D eigenvalue weighted by Gasteiger charge is 2.20. The van der Waals surface area contributed by atoms with Crippen LogP contribution in [0.15, 0.2) is 28.7 Å². The third-order valence-corrected chi connectivity index (χ3v) is 3.81. The van der Waals surface area contributed by atoms with Gasteiger partial charge >= 0.3 is 5.97 Å². The highest BCUT2D eigenvalue weighted by molar-refractivity contribution is 6.31. The number of amides is 1. The van der Waals surface area contributed by atoms with Crippen LogP contribution < -0.4 is 4.74 Å². The average molecular weight is 366 g/mol. The molecule has 1 N–H and O–H groups in total. The molecule has 2 rings (SSSR count). The van der Waals surface area contributed by atoms with Gasteiger partial charge in [-0.1, -0.05) is 18.5 Å². The van der Waals surface area contributed by atoms with Gasteiger partial charge in [0, 0.05) is 12.1 Å². The maximum atomic E-state index is 12.7. The molecule has 2 aromatic rings. The number of carboxylic acid groups (broad SMARTS) is 1.